The summed E-state index contributed by atoms with van der Waals surface area (Å²) in [6.45, 7) is 7.59. The molecule has 0 fully saturated rings. The van der Waals surface area contributed by atoms with E-state index in [2.05, 4.69) is 6.58 Å². The largest absolute Gasteiger partial charge is 0.463 e. The molecule has 0 aliphatic carbocycles. The number of aryl methyl sites for hydroxylation is 1. The molecule has 0 radical (unpaired) electrons. The van der Waals surface area contributed by atoms with Crippen LogP contribution >= 0.6 is 0 Å². The molecule has 0 saturated heterocycles. The Bertz CT molecular complexity index is 286. The number of allylic oxidation sites excluding steroid dienone is 1. The van der Waals surface area contributed by atoms with Crippen molar-refractivity contribution in [2.45, 2.75) is 32.8 Å². The number of furan rings is 1. The fourth-order valence-corrected chi connectivity index (χ4v) is 1.26. The first kappa shape index (κ1) is 11.1. The number of hydrogen-bond acceptors (Lipinski definition) is 2. The summed E-state index contributed by atoms with van der Waals surface area (Å²) in [7, 11) is 0. The Morgan fingerprint density at radius 2 is 2.21 bits per heavy atom. The van der Waals surface area contributed by atoms with Crippen LogP contribution in [0.25, 0.3) is 0 Å². The van der Waals surface area contributed by atoms with Gasteiger partial charge in [-0.15, -0.1) is 6.58 Å². The van der Waals surface area contributed by atoms with Crippen molar-refractivity contribution in [1.29, 1.82) is 0 Å². The minimum absolute atomic E-state index is 0.188. The summed E-state index contributed by atoms with van der Waals surface area (Å²) >= 11 is 0. The summed E-state index contributed by atoms with van der Waals surface area (Å²) in [5.41, 5.74) is 0. The third-order valence-electron chi connectivity index (χ3n) is 2.20. The van der Waals surface area contributed by atoms with Gasteiger partial charge < -0.3 is 9.52 Å². The summed E-state index contributed by atoms with van der Waals surface area (Å²) in [4.78, 5) is 0. The molecular weight excluding hydrogens is 176 g/mol. The lowest BCUT2D eigenvalue weighted by Gasteiger charge is -2.10. The van der Waals surface area contributed by atoms with E-state index in [9.17, 15) is 5.11 Å². The maximum Gasteiger partial charge on any atom is 0.132 e. The van der Waals surface area contributed by atoms with Crippen LogP contribution in [0.4, 0.5) is 0 Å². The first-order valence-electron chi connectivity index (χ1n) is 5.02. The van der Waals surface area contributed by atoms with E-state index in [1.54, 1.807) is 0 Å². The van der Waals surface area contributed by atoms with E-state index in [4.69, 9.17) is 4.42 Å². The van der Waals surface area contributed by atoms with Gasteiger partial charge in [0.2, 0.25) is 0 Å². The number of aliphatic hydroxyl groups excluding tert-OH is 1. The Balaban J connectivity index is 2.62. The van der Waals surface area contributed by atoms with E-state index in [0.717, 1.165) is 18.6 Å². The molecule has 2 nitrogen and oxygen atoms in total. The van der Waals surface area contributed by atoms with Crippen LogP contribution in [0.15, 0.2) is 29.2 Å². The van der Waals surface area contributed by atoms with E-state index in [0.29, 0.717) is 5.76 Å². The van der Waals surface area contributed by atoms with Gasteiger partial charge in [0, 0.05) is 6.42 Å². The Morgan fingerprint density at radius 3 is 2.79 bits per heavy atom. The van der Waals surface area contributed by atoms with Gasteiger partial charge in [-0.05, 0) is 24.5 Å². The van der Waals surface area contributed by atoms with Crippen LogP contribution in [-0.2, 0) is 6.42 Å². The molecule has 0 aliphatic rings. The lowest BCUT2D eigenvalue weighted by Crippen LogP contribution is -2.03. The SMILES string of the molecule is C=CCCc1ccc(C(O)C(C)C)o1. The number of rotatable bonds is 5. The predicted octanol–water partition coefficient (Wildman–Crippen LogP) is 3.09. The first-order valence-corrected chi connectivity index (χ1v) is 5.02. The zero-order valence-electron chi connectivity index (χ0n) is 8.86. The molecule has 0 aromatic carbocycles. The summed E-state index contributed by atoms with van der Waals surface area (Å²) in [5.74, 6) is 1.77. The molecule has 1 heterocycles. The molecule has 0 saturated carbocycles. The van der Waals surface area contributed by atoms with Gasteiger partial charge in [0.05, 0.1) is 0 Å². The van der Waals surface area contributed by atoms with Crippen molar-refractivity contribution in [3.8, 4) is 0 Å². The molecule has 78 valence electrons. The van der Waals surface area contributed by atoms with Gasteiger partial charge >= 0.3 is 0 Å². The van der Waals surface area contributed by atoms with Gasteiger partial charge in [-0.3, -0.25) is 0 Å². The molecule has 1 aromatic rings. The molecule has 1 aromatic heterocycles. The van der Waals surface area contributed by atoms with E-state index < -0.39 is 6.10 Å². The minimum Gasteiger partial charge on any atom is -0.463 e. The van der Waals surface area contributed by atoms with Crippen molar-refractivity contribution >= 4 is 0 Å². The van der Waals surface area contributed by atoms with Gasteiger partial charge in [0.1, 0.15) is 17.6 Å². The minimum atomic E-state index is -0.493. The van der Waals surface area contributed by atoms with E-state index >= 15 is 0 Å². The van der Waals surface area contributed by atoms with E-state index in [1.165, 1.54) is 0 Å². The smallest absolute Gasteiger partial charge is 0.132 e. The van der Waals surface area contributed by atoms with Crippen molar-refractivity contribution in [3.63, 3.8) is 0 Å². The third kappa shape index (κ3) is 2.74. The Labute approximate surface area is 85.2 Å². The molecule has 1 N–H and O–H groups in total. The summed E-state index contributed by atoms with van der Waals surface area (Å²) in [6.07, 6.45) is 3.13. The second-order valence-electron chi connectivity index (χ2n) is 3.82. The van der Waals surface area contributed by atoms with Crippen LogP contribution in [0.5, 0.6) is 0 Å². The highest BCUT2D eigenvalue weighted by Gasteiger charge is 2.15. The zero-order chi connectivity index (χ0) is 10.6. The lowest BCUT2D eigenvalue weighted by atomic mass is 10.1. The molecule has 0 bridgehead atoms. The number of hydrogen-bond donors (Lipinski definition) is 1. The fraction of sp³-hybridized carbons (Fsp3) is 0.500. The van der Waals surface area contributed by atoms with Gasteiger partial charge in [0.25, 0.3) is 0 Å². The summed E-state index contributed by atoms with van der Waals surface area (Å²) in [6, 6.07) is 3.77. The Hall–Kier alpha value is -1.02. The monoisotopic (exact) mass is 194 g/mol. The Morgan fingerprint density at radius 1 is 1.50 bits per heavy atom. The molecule has 0 spiro atoms. The predicted molar refractivity (Wildman–Crippen MR) is 57.0 cm³/mol. The van der Waals surface area contributed by atoms with Gasteiger partial charge in [0.15, 0.2) is 0 Å². The van der Waals surface area contributed by atoms with Gasteiger partial charge in [-0.25, -0.2) is 0 Å². The highest BCUT2D eigenvalue weighted by molar-refractivity contribution is 5.10. The fourth-order valence-electron chi connectivity index (χ4n) is 1.26. The van der Waals surface area contributed by atoms with Crippen molar-refractivity contribution in [2.75, 3.05) is 0 Å². The quantitative estimate of drug-likeness (QED) is 0.731. The van der Waals surface area contributed by atoms with Crippen LogP contribution in [0.1, 0.15) is 37.9 Å². The van der Waals surface area contributed by atoms with Crippen LogP contribution in [0, 0.1) is 5.92 Å². The number of aliphatic hydroxyl groups is 1. The van der Waals surface area contributed by atoms with Crippen LogP contribution < -0.4 is 0 Å². The maximum atomic E-state index is 9.72. The molecule has 1 atom stereocenters. The molecule has 0 amide bonds. The van der Waals surface area contributed by atoms with Crippen LogP contribution in [-0.4, -0.2) is 5.11 Å². The molecular formula is C12H18O2. The van der Waals surface area contributed by atoms with E-state index in [1.807, 2.05) is 32.1 Å². The molecule has 1 rings (SSSR count). The standard InChI is InChI=1S/C12H18O2/c1-4-5-6-10-7-8-11(14-10)12(13)9(2)3/h4,7-9,12-13H,1,5-6H2,2-3H3. The summed E-state index contributed by atoms with van der Waals surface area (Å²) in [5, 5.41) is 9.72. The maximum absolute atomic E-state index is 9.72. The first-order chi connectivity index (χ1) is 6.65. The topological polar surface area (TPSA) is 33.4 Å². The van der Waals surface area contributed by atoms with Crippen molar-refractivity contribution in [2.24, 2.45) is 5.92 Å². The molecule has 1 unspecified atom stereocenters. The Kier molecular flexibility index (Phi) is 3.96. The average molecular weight is 194 g/mol. The zero-order valence-corrected chi connectivity index (χ0v) is 8.86. The van der Waals surface area contributed by atoms with Crippen LogP contribution in [0.3, 0.4) is 0 Å². The van der Waals surface area contributed by atoms with E-state index in [-0.39, 0.29) is 5.92 Å². The van der Waals surface area contributed by atoms with Crippen molar-refractivity contribution in [3.05, 3.63) is 36.3 Å². The summed E-state index contributed by atoms with van der Waals surface area (Å²) < 4.78 is 5.51. The second-order valence-corrected chi connectivity index (χ2v) is 3.82. The van der Waals surface area contributed by atoms with Crippen molar-refractivity contribution in [1.82, 2.24) is 0 Å². The van der Waals surface area contributed by atoms with Gasteiger partial charge in [-0.1, -0.05) is 19.9 Å². The van der Waals surface area contributed by atoms with Crippen molar-refractivity contribution < 1.29 is 9.52 Å². The molecule has 0 aliphatic heterocycles. The highest BCUT2D eigenvalue weighted by atomic mass is 16.4. The highest BCUT2D eigenvalue weighted by Crippen LogP contribution is 2.23. The average Bonchev–Trinajstić information content (AvgIpc) is 2.61. The van der Waals surface area contributed by atoms with Gasteiger partial charge in [-0.2, -0.15) is 0 Å². The lowest BCUT2D eigenvalue weighted by molar-refractivity contribution is 0.101. The normalized spacial score (nSPS) is 13.1. The van der Waals surface area contributed by atoms with Crippen LogP contribution in [0.2, 0.25) is 0 Å². The molecule has 2 heteroatoms. The second kappa shape index (κ2) is 5.01. The third-order valence-corrected chi connectivity index (χ3v) is 2.20. The molecule has 14 heavy (non-hydrogen) atoms.